The van der Waals surface area contributed by atoms with Crippen molar-refractivity contribution in [1.29, 1.82) is 0 Å². The molecule has 2 aliphatic heterocycles. The predicted octanol–water partition coefficient (Wildman–Crippen LogP) is 1.91. The Morgan fingerprint density at radius 1 is 1.28 bits per heavy atom. The van der Waals surface area contributed by atoms with E-state index in [4.69, 9.17) is 4.74 Å². The molecule has 25 heavy (non-hydrogen) atoms. The van der Waals surface area contributed by atoms with E-state index in [-0.39, 0.29) is 24.2 Å². The van der Waals surface area contributed by atoms with E-state index in [0.29, 0.717) is 49.9 Å². The van der Waals surface area contributed by atoms with Gasteiger partial charge in [0.05, 0.1) is 13.2 Å². The average Bonchev–Trinajstić information content (AvgIpc) is 3.14. The highest BCUT2D eigenvalue weighted by Gasteiger charge is 2.19. The van der Waals surface area contributed by atoms with Crippen LogP contribution in [0.4, 0.5) is 5.69 Å². The number of anilines is 1. The normalized spacial score (nSPS) is 20.0. The number of hydrogen-bond acceptors (Lipinski definition) is 4. The third-order valence-corrected chi connectivity index (χ3v) is 4.63. The van der Waals surface area contributed by atoms with Gasteiger partial charge in [-0.3, -0.25) is 9.59 Å². The Kier molecular flexibility index (Phi) is 7.68. The van der Waals surface area contributed by atoms with E-state index in [1.807, 2.05) is 12.1 Å². The van der Waals surface area contributed by atoms with Crippen molar-refractivity contribution in [2.45, 2.75) is 19.3 Å². The summed E-state index contributed by atoms with van der Waals surface area (Å²) in [5.74, 6) is 0.606. The molecule has 0 bridgehead atoms. The molecule has 3 rings (SSSR count). The van der Waals surface area contributed by atoms with Gasteiger partial charge >= 0.3 is 0 Å². The van der Waals surface area contributed by atoms with Gasteiger partial charge in [-0.15, -0.1) is 12.4 Å². The molecule has 1 atom stereocenters. The Balaban J connectivity index is 0.00000225. The second-order valence-corrected chi connectivity index (χ2v) is 6.43. The predicted molar refractivity (Wildman–Crippen MR) is 99.3 cm³/mol. The fourth-order valence-corrected chi connectivity index (χ4v) is 3.20. The fraction of sp³-hybridized carbons (Fsp3) is 0.556. The summed E-state index contributed by atoms with van der Waals surface area (Å²) in [4.78, 5) is 26.4. The van der Waals surface area contributed by atoms with E-state index < -0.39 is 0 Å². The monoisotopic (exact) mass is 367 g/mol. The lowest BCUT2D eigenvalue weighted by Gasteiger charge is -2.27. The van der Waals surface area contributed by atoms with Gasteiger partial charge in [0.1, 0.15) is 0 Å². The average molecular weight is 368 g/mol. The summed E-state index contributed by atoms with van der Waals surface area (Å²) < 4.78 is 5.28. The van der Waals surface area contributed by atoms with Crippen LogP contribution in [0, 0.1) is 5.92 Å². The lowest BCUT2D eigenvalue weighted by Crippen LogP contribution is -2.40. The number of carbonyl (C=O) groups excluding carboxylic acids is 2. The minimum atomic E-state index is -0.00794. The molecule has 1 aromatic rings. The van der Waals surface area contributed by atoms with E-state index >= 15 is 0 Å². The van der Waals surface area contributed by atoms with Crippen molar-refractivity contribution < 1.29 is 14.3 Å². The van der Waals surface area contributed by atoms with Gasteiger partial charge in [-0.25, -0.2) is 0 Å². The molecule has 0 radical (unpaired) electrons. The Bertz CT molecular complexity index is 585. The van der Waals surface area contributed by atoms with Gasteiger partial charge in [0.2, 0.25) is 5.91 Å². The SMILES string of the molecule is Cl.O=C(CCC1CCNC1)Nc1cccc(C(=O)N2CCOCC2)c1. The number of benzene rings is 1. The Morgan fingerprint density at radius 3 is 2.80 bits per heavy atom. The first-order chi connectivity index (χ1) is 11.7. The second-order valence-electron chi connectivity index (χ2n) is 6.43. The van der Waals surface area contributed by atoms with Crippen LogP contribution in [0.25, 0.3) is 0 Å². The number of amides is 2. The van der Waals surface area contributed by atoms with Crippen molar-refractivity contribution in [2.75, 3.05) is 44.7 Å². The van der Waals surface area contributed by atoms with E-state index in [2.05, 4.69) is 10.6 Å². The van der Waals surface area contributed by atoms with E-state index in [1.54, 1.807) is 17.0 Å². The van der Waals surface area contributed by atoms with Crippen LogP contribution < -0.4 is 10.6 Å². The number of halogens is 1. The van der Waals surface area contributed by atoms with Crippen LogP contribution in [-0.2, 0) is 9.53 Å². The van der Waals surface area contributed by atoms with Crippen LogP contribution in [0.2, 0.25) is 0 Å². The summed E-state index contributed by atoms with van der Waals surface area (Å²) >= 11 is 0. The minimum absolute atomic E-state index is 0. The summed E-state index contributed by atoms with van der Waals surface area (Å²) in [6.07, 6.45) is 2.58. The molecule has 0 spiro atoms. The Hall–Kier alpha value is -1.63. The van der Waals surface area contributed by atoms with Crippen LogP contribution in [0.5, 0.6) is 0 Å². The zero-order valence-corrected chi connectivity index (χ0v) is 15.1. The van der Waals surface area contributed by atoms with Gasteiger partial charge in [-0.2, -0.15) is 0 Å². The van der Waals surface area contributed by atoms with Crippen molar-refractivity contribution in [3.8, 4) is 0 Å². The number of carbonyl (C=O) groups is 2. The molecule has 7 heteroatoms. The first kappa shape index (κ1) is 19.7. The van der Waals surface area contributed by atoms with Crippen LogP contribution in [-0.4, -0.2) is 56.1 Å². The molecular formula is C18H26ClN3O3. The molecule has 2 N–H and O–H groups in total. The molecular weight excluding hydrogens is 342 g/mol. The molecule has 2 fully saturated rings. The van der Waals surface area contributed by atoms with Gasteiger partial charge in [0, 0.05) is 30.8 Å². The molecule has 138 valence electrons. The fourth-order valence-electron chi connectivity index (χ4n) is 3.20. The smallest absolute Gasteiger partial charge is 0.254 e. The maximum Gasteiger partial charge on any atom is 0.254 e. The van der Waals surface area contributed by atoms with Gasteiger partial charge < -0.3 is 20.3 Å². The number of morpholine rings is 1. The van der Waals surface area contributed by atoms with Crippen molar-refractivity contribution >= 4 is 29.9 Å². The molecule has 0 aliphatic carbocycles. The van der Waals surface area contributed by atoms with Gasteiger partial charge in [-0.05, 0) is 50.0 Å². The van der Waals surface area contributed by atoms with Crippen molar-refractivity contribution in [2.24, 2.45) is 5.92 Å². The lowest BCUT2D eigenvalue weighted by atomic mass is 10.0. The minimum Gasteiger partial charge on any atom is -0.378 e. The maximum atomic E-state index is 12.5. The summed E-state index contributed by atoms with van der Waals surface area (Å²) in [5, 5.41) is 6.22. The van der Waals surface area contributed by atoms with Gasteiger partial charge in [0.15, 0.2) is 0 Å². The van der Waals surface area contributed by atoms with Crippen LogP contribution in [0.1, 0.15) is 29.6 Å². The third kappa shape index (κ3) is 5.70. The quantitative estimate of drug-likeness (QED) is 0.834. The van der Waals surface area contributed by atoms with E-state index in [0.717, 1.165) is 25.9 Å². The lowest BCUT2D eigenvalue weighted by molar-refractivity contribution is -0.116. The Morgan fingerprint density at radius 2 is 2.08 bits per heavy atom. The van der Waals surface area contributed by atoms with Crippen LogP contribution >= 0.6 is 12.4 Å². The molecule has 6 nitrogen and oxygen atoms in total. The topological polar surface area (TPSA) is 70.7 Å². The highest BCUT2D eigenvalue weighted by atomic mass is 35.5. The molecule has 2 heterocycles. The van der Waals surface area contributed by atoms with Crippen LogP contribution in [0.15, 0.2) is 24.3 Å². The standard InChI is InChI=1S/C18H25N3O3.ClH/c22-17(5-4-14-6-7-19-13-14)20-16-3-1-2-15(12-16)18(23)21-8-10-24-11-9-21;/h1-3,12,14,19H,4-11,13H2,(H,20,22);1H. The molecule has 2 amide bonds. The van der Waals surface area contributed by atoms with E-state index in [9.17, 15) is 9.59 Å². The maximum absolute atomic E-state index is 12.5. The Labute approximate surface area is 154 Å². The van der Waals surface area contributed by atoms with Crippen molar-refractivity contribution in [3.05, 3.63) is 29.8 Å². The number of ether oxygens (including phenoxy) is 1. The molecule has 0 aromatic heterocycles. The third-order valence-electron chi connectivity index (χ3n) is 4.63. The van der Waals surface area contributed by atoms with E-state index in [1.165, 1.54) is 0 Å². The molecule has 0 saturated carbocycles. The molecule has 2 saturated heterocycles. The zero-order chi connectivity index (χ0) is 16.8. The van der Waals surface area contributed by atoms with Crippen molar-refractivity contribution in [3.63, 3.8) is 0 Å². The number of rotatable bonds is 5. The number of nitrogens with one attached hydrogen (secondary N) is 2. The zero-order valence-electron chi connectivity index (χ0n) is 14.3. The highest BCUT2D eigenvalue weighted by molar-refractivity contribution is 5.97. The summed E-state index contributed by atoms with van der Waals surface area (Å²) in [6, 6.07) is 7.18. The summed E-state index contributed by atoms with van der Waals surface area (Å²) in [6.45, 7) is 4.46. The number of nitrogens with zero attached hydrogens (tertiary/aromatic N) is 1. The van der Waals surface area contributed by atoms with Crippen molar-refractivity contribution in [1.82, 2.24) is 10.2 Å². The van der Waals surface area contributed by atoms with Gasteiger partial charge in [0.25, 0.3) is 5.91 Å². The molecule has 1 unspecified atom stereocenters. The second kappa shape index (κ2) is 9.75. The first-order valence-electron chi connectivity index (χ1n) is 8.70. The largest absolute Gasteiger partial charge is 0.378 e. The van der Waals surface area contributed by atoms with Crippen LogP contribution in [0.3, 0.4) is 0 Å². The summed E-state index contributed by atoms with van der Waals surface area (Å²) in [7, 11) is 0. The van der Waals surface area contributed by atoms with Gasteiger partial charge in [-0.1, -0.05) is 6.07 Å². The first-order valence-corrected chi connectivity index (χ1v) is 8.70. The molecule has 1 aromatic carbocycles. The molecule has 2 aliphatic rings. The summed E-state index contributed by atoms with van der Waals surface area (Å²) in [5.41, 5.74) is 1.29. The number of hydrogen-bond donors (Lipinski definition) is 2. The highest BCUT2D eigenvalue weighted by Crippen LogP contribution is 2.17.